The topological polar surface area (TPSA) is 141 Å². The second kappa shape index (κ2) is 13.4. The lowest BCUT2D eigenvalue weighted by Gasteiger charge is -2.27. The number of oxazole rings is 1. The predicted molar refractivity (Wildman–Crippen MR) is 131 cm³/mol. The third kappa shape index (κ3) is 7.54. The number of carbonyl (C=O) groups is 2. The maximum Gasteiger partial charge on any atom is 0.408 e. The highest BCUT2D eigenvalue weighted by atomic mass is 31.2. The smallest absolute Gasteiger partial charge is 0.408 e. The molecule has 1 aliphatic rings. The van der Waals surface area contributed by atoms with E-state index < -0.39 is 25.6 Å². The lowest BCUT2D eigenvalue weighted by molar-refractivity contribution is -0.122. The summed E-state index contributed by atoms with van der Waals surface area (Å²) in [5, 5.41) is 5.14. The van der Waals surface area contributed by atoms with Gasteiger partial charge < -0.3 is 38.5 Å². The van der Waals surface area contributed by atoms with Crippen LogP contribution in [-0.4, -0.2) is 62.5 Å². The molecular formula is C23H33N4O8P. The Bertz CT molecular complexity index is 1030. The molecule has 2 amide bonds. The Morgan fingerprint density at radius 3 is 2.44 bits per heavy atom. The summed E-state index contributed by atoms with van der Waals surface area (Å²) in [6, 6.07) is 8.33. The zero-order valence-corrected chi connectivity index (χ0v) is 21.6. The molecule has 12 nitrogen and oxygen atoms in total. The first-order valence-electron chi connectivity index (χ1n) is 11.8. The zero-order valence-electron chi connectivity index (χ0n) is 20.7. The quantitative estimate of drug-likeness (QED) is 0.397. The van der Waals surface area contributed by atoms with Gasteiger partial charge in [-0.25, -0.2) is 9.78 Å². The monoisotopic (exact) mass is 524 g/mol. The van der Waals surface area contributed by atoms with E-state index in [0.29, 0.717) is 26.3 Å². The Balaban J connectivity index is 1.63. The number of amides is 2. The summed E-state index contributed by atoms with van der Waals surface area (Å²) in [4.78, 5) is 30.8. The number of alkyl carbamates (subject to hydrolysis) is 1. The predicted octanol–water partition coefficient (Wildman–Crippen LogP) is 2.33. The first-order valence-corrected chi connectivity index (χ1v) is 13.4. The number of anilines is 1. The molecule has 1 atom stereocenters. The number of carbonyl (C=O) groups excluding carboxylic acids is 2. The number of morpholine rings is 1. The van der Waals surface area contributed by atoms with Crippen molar-refractivity contribution >= 4 is 30.9 Å². The van der Waals surface area contributed by atoms with E-state index in [1.807, 2.05) is 35.2 Å². The van der Waals surface area contributed by atoms with Crippen LogP contribution in [0.2, 0.25) is 0 Å². The molecule has 0 radical (unpaired) electrons. The lowest BCUT2D eigenvalue weighted by Crippen LogP contribution is -2.44. The third-order valence-corrected chi connectivity index (χ3v) is 7.15. The summed E-state index contributed by atoms with van der Waals surface area (Å²) in [6.45, 7) is 7.22. The van der Waals surface area contributed by atoms with E-state index in [-0.39, 0.29) is 43.6 Å². The van der Waals surface area contributed by atoms with Crippen LogP contribution in [0.1, 0.15) is 32.2 Å². The van der Waals surface area contributed by atoms with Crippen LogP contribution in [0, 0.1) is 0 Å². The molecule has 0 spiro atoms. The van der Waals surface area contributed by atoms with Crippen molar-refractivity contribution in [1.29, 1.82) is 0 Å². The van der Waals surface area contributed by atoms with Gasteiger partial charge in [-0.3, -0.25) is 9.36 Å². The Morgan fingerprint density at radius 1 is 1.14 bits per heavy atom. The fraction of sp³-hybridized carbons (Fsp3) is 0.522. The molecular weight excluding hydrogens is 491 g/mol. The fourth-order valence-electron chi connectivity index (χ4n) is 3.39. The SMILES string of the molecule is CCOP(=O)(OCC)c1nc(CNC(=O)[C@@H](C)NC(=O)OCc2ccccc2)oc1N1CCOCC1. The molecule has 1 aromatic heterocycles. The summed E-state index contributed by atoms with van der Waals surface area (Å²) in [5.74, 6) is -0.0843. The van der Waals surface area contributed by atoms with Gasteiger partial charge in [-0.15, -0.1) is 0 Å². The number of rotatable bonds is 12. The van der Waals surface area contributed by atoms with Crippen LogP contribution in [0.4, 0.5) is 10.7 Å². The molecule has 0 aliphatic carbocycles. The van der Waals surface area contributed by atoms with Gasteiger partial charge in [0.25, 0.3) is 0 Å². The van der Waals surface area contributed by atoms with E-state index in [1.165, 1.54) is 6.92 Å². The van der Waals surface area contributed by atoms with Crippen molar-refractivity contribution in [3.8, 4) is 0 Å². The first-order chi connectivity index (χ1) is 17.4. The molecule has 0 saturated carbocycles. The highest BCUT2D eigenvalue weighted by Crippen LogP contribution is 2.49. The number of aromatic nitrogens is 1. The van der Waals surface area contributed by atoms with Gasteiger partial charge in [-0.05, 0) is 26.3 Å². The fourth-order valence-corrected chi connectivity index (χ4v) is 5.05. The normalized spacial score (nSPS) is 14.8. The number of nitrogens with one attached hydrogen (secondary N) is 2. The van der Waals surface area contributed by atoms with E-state index in [1.54, 1.807) is 13.8 Å². The van der Waals surface area contributed by atoms with Crippen LogP contribution in [0.15, 0.2) is 34.7 Å². The maximum absolute atomic E-state index is 13.4. The molecule has 2 aromatic rings. The summed E-state index contributed by atoms with van der Waals surface area (Å²) in [5.41, 5.74) is 0.893. The van der Waals surface area contributed by atoms with E-state index in [2.05, 4.69) is 15.6 Å². The van der Waals surface area contributed by atoms with Crippen LogP contribution in [0.25, 0.3) is 0 Å². The molecule has 36 heavy (non-hydrogen) atoms. The number of ether oxygens (including phenoxy) is 2. The molecule has 1 aromatic carbocycles. The van der Waals surface area contributed by atoms with Crippen molar-refractivity contribution in [2.45, 2.75) is 40.0 Å². The molecule has 1 aliphatic heterocycles. The molecule has 3 rings (SSSR count). The summed E-state index contributed by atoms with van der Waals surface area (Å²) in [6.07, 6.45) is -0.719. The first kappa shape index (κ1) is 27.7. The average molecular weight is 525 g/mol. The van der Waals surface area contributed by atoms with Gasteiger partial charge in [-0.1, -0.05) is 30.3 Å². The van der Waals surface area contributed by atoms with Crippen molar-refractivity contribution in [2.24, 2.45) is 0 Å². The highest BCUT2D eigenvalue weighted by molar-refractivity contribution is 7.62. The Hall–Kier alpha value is -2.92. The van der Waals surface area contributed by atoms with Crippen LogP contribution in [-0.2, 0) is 41.0 Å². The Kier molecular flexibility index (Phi) is 10.3. The highest BCUT2D eigenvalue weighted by Gasteiger charge is 2.38. The minimum Gasteiger partial charge on any atom is -0.445 e. The van der Waals surface area contributed by atoms with Gasteiger partial charge >= 0.3 is 13.7 Å². The standard InChI is InChI=1S/C23H33N4O8P/c1-4-33-36(30,34-5-2)21-22(27-11-13-31-14-12-27)35-19(26-21)15-24-20(28)17(3)25-23(29)32-16-18-9-7-6-8-10-18/h6-10,17H,4-5,11-16H2,1-3H3,(H,24,28)(H,25,29)/t17-/m1/s1. The van der Waals surface area contributed by atoms with Gasteiger partial charge in [0.1, 0.15) is 12.6 Å². The third-order valence-electron chi connectivity index (χ3n) is 5.15. The van der Waals surface area contributed by atoms with Crippen molar-refractivity contribution in [2.75, 3.05) is 44.4 Å². The van der Waals surface area contributed by atoms with E-state index >= 15 is 0 Å². The van der Waals surface area contributed by atoms with Gasteiger partial charge in [0.2, 0.25) is 23.1 Å². The van der Waals surface area contributed by atoms with Crippen molar-refractivity contribution in [3.63, 3.8) is 0 Å². The largest absolute Gasteiger partial charge is 0.445 e. The second-order valence-electron chi connectivity index (χ2n) is 7.81. The molecule has 13 heteroatoms. The number of nitrogens with zero attached hydrogens (tertiary/aromatic N) is 2. The van der Waals surface area contributed by atoms with Crippen LogP contribution < -0.4 is 21.0 Å². The summed E-state index contributed by atoms with van der Waals surface area (Å²) < 4.78 is 40.8. The van der Waals surface area contributed by atoms with E-state index in [4.69, 9.17) is 22.9 Å². The number of benzene rings is 1. The van der Waals surface area contributed by atoms with E-state index in [0.717, 1.165) is 5.56 Å². The molecule has 1 fully saturated rings. The Labute approximate surface area is 210 Å². The molecule has 198 valence electrons. The minimum absolute atomic E-state index is 0.0630. The van der Waals surface area contributed by atoms with Gasteiger partial charge in [0.15, 0.2) is 0 Å². The van der Waals surface area contributed by atoms with Crippen molar-refractivity contribution in [1.82, 2.24) is 15.6 Å². The van der Waals surface area contributed by atoms with Gasteiger partial charge in [-0.2, -0.15) is 0 Å². The average Bonchev–Trinajstić information content (AvgIpc) is 3.33. The minimum atomic E-state index is -3.75. The molecule has 1 saturated heterocycles. The zero-order chi connectivity index (χ0) is 26.0. The Morgan fingerprint density at radius 2 is 1.81 bits per heavy atom. The second-order valence-corrected chi connectivity index (χ2v) is 9.75. The van der Waals surface area contributed by atoms with Crippen molar-refractivity contribution in [3.05, 3.63) is 41.8 Å². The molecule has 0 bridgehead atoms. The summed E-state index contributed by atoms with van der Waals surface area (Å²) in [7, 11) is -3.75. The molecule has 0 unspecified atom stereocenters. The maximum atomic E-state index is 13.4. The number of hydrogen-bond acceptors (Lipinski definition) is 10. The van der Waals surface area contributed by atoms with Gasteiger partial charge in [0.05, 0.1) is 33.0 Å². The summed E-state index contributed by atoms with van der Waals surface area (Å²) >= 11 is 0. The van der Waals surface area contributed by atoms with Crippen molar-refractivity contribution < 1.29 is 37.1 Å². The van der Waals surface area contributed by atoms with E-state index in [9.17, 15) is 14.2 Å². The molecule has 2 N–H and O–H groups in total. The van der Waals surface area contributed by atoms with Crippen LogP contribution in [0.5, 0.6) is 0 Å². The lowest BCUT2D eigenvalue weighted by atomic mass is 10.2. The van der Waals surface area contributed by atoms with Crippen LogP contribution >= 0.6 is 7.60 Å². The van der Waals surface area contributed by atoms with Gasteiger partial charge in [0, 0.05) is 13.1 Å². The van der Waals surface area contributed by atoms with Crippen LogP contribution in [0.3, 0.4) is 0 Å². The number of hydrogen-bond donors (Lipinski definition) is 2. The molecule has 2 heterocycles.